The summed E-state index contributed by atoms with van der Waals surface area (Å²) in [5, 5.41) is 2.91. The summed E-state index contributed by atoms with van der Waals surface area (Å²) in [7, 11) is 0. The van der Waals surface area contributed by atoms with Crippen LogP contribution >= 0.6 is 38.5 Å². The van der Waals surface area contributed by atoms with Gasteiger partial charge in [0, 0.05) is 21.1 Å². The molecule has 0 aromatic heterocycles. The number of carbonyl (C=O) groups excluding carboxylic acids is 2. The largest absolute Gasteiger partial charge is 0.484 e. The zero-order valence-corrected chi connectivity index (χ0v) is 20.4. The van der Waals surface area contributed by atoms with Crippen LogP contribution in [0, 0.1) is 3.57 Å². The summed E-state index contributed by atoms with van der Waals surface area (Å²) in [6.07, 6.45) is 1.91. The van der Waals surface area contributed by atoms with E-state index < -0.39 is 6.04 Å². The first-order valence-corrected chi connectivity index (χ1v) is 11.5. The average molecular weight is 573 g/mol. The average Bonchev–Trinajstić information content (AvgIpc) is 2.71. The van der Waals surface area contributed by atoms with Crippen molar-refractivity contribution in [3.8, 4) is 5.75 Å². The van der Waals surface area contributed by atoms with E-state index in [1.54, 1.807) is 11.8 Å². The quantitative estimate of drug-likeness (QED) is 0.330. The first-order chi connectivity index (χ1) is 13.9. The minimum Gasteiger partial charge on any atom is -0.484 e. The molecule has 0 fully saturated rings. The number of rotatable bonds is 10. The fourth-order valence-electron chi connectivity index (χ4n) is 2.71. The molecule has 7 heteroatoms. The van der Waals surface area contributed by atoms with Gasteiger partial charge in [-0.1, -0.05) is 41.4 Å². The number of hydrogen-bond donors (Lipinski definition) is 1. The Morgan fingerprint density at radius 1 is 1.21 bits per heavy atom. The number of ether oxygens (including phenoxy) is 1. The summed E-state index contributed by atoms with van der Waals surface area (Å²) >= 11 is 5.67. The van der Waals surface area contributed by atoms with Crippen molar-refractivity contribution in [1.82, 2.24) is 10.2 Å². The van der Waals surface area contributed by atoms with Crippen molar-refractivity contribution in [2.45, 2.75) is 39.3 Å². The molecular formula is C22H26BrIN2O3. The molecule has 0 heterocycles. The number of nitrogens with one attached hydrogen (secondary N) is 1. The molecule has 5 nitrogen and oxygen atoms in total. The molecular weight excluding hydrogens is 547 g/mol. The van der Waals surface area contributed by atoms with Crippen molar-refractivity contribution in [3.05, 3.63) is 62.1 Å². The van der Waals surface area contributed by atoms with Gasteiger partial charge in [0.25, 0.3) is 5.91 Å². The molecule has 0 spiro atoms. The minimum absolute atomic E-state index is 0.124. The maximum atomic E-state index is 13.0. The Morgan fingerprint density at radius 2 is 1.93 bits per heavy atom. The number of hydrogen-bond acceptors (Lipinski definition) is 3. The standard InChI is InChI=1S/C22H26BrIN2O3/c1-3-4-12-25-22(28)16(2)26(14-17-6-5-7-18(23)13-17)21(27)15-29-20-10-8-19(24)9-11-20/h5-11,13,16H,3-4,12,14-15H2,1-2H3,(H,25,28)/t16-/m0/s1. The van der Waals surface area contributed by atoms with Gasteiger partial charge in [-0.2, -0.15) is 0 Å². The third kappa shape index (κ3) is 7.97. The Balaban J connectivity index is 2.10. The molecule has 0 aliphatic carbocycles. The van der Waals surface area contributed by atoms with Gasteiger partial charge in [0.15, 0.2) is 6.61 Å². The molecule has 156 valence electrons. The lowest BCUT2D eigenvalue weighted by molar-refractivity contribution is -0.142. The number of amides is 2. The maximum absolute atomic E-state index is 13.0. The fourth-order valence-corrected chi connectivity index (χ4v) is 3.52. The van der Waals surface area contributed by atoms with Gasteiger partial charge in [-0.05, 0) is 77.9 Å². The Kier molecular flexibility index (Phi) is 9.93. The van der Waals surface area contributed by atoms with Crippen LogP contribution in [0.25, 0.3) is 0 Å². The van der Waals surface area contributed by atoms with Gasteiger partial charge in [0.1, 0.15) is 11.8 Å². The van der Waals surface area contributed by atoms with Crippen molar-refractivity contribution in [1.29, 1.82) is 0 Å². The van der Waals surface area contributed by atoms with Crippen LogP contribution in [0.15, 0.2) is 53.0 Å². The summed E-state index contributed by atoms with van der Waals surface area (Å²) in [5.74, 6) is 0.235. The van der Waals surface area contributed by atoms with Crippen LogP contribution in [-0.4, -0.2) is 35.9 Å². The van der Waals surface area contributed by atoms with Crippen LogP contribution in [0.4, 0.5) is 0 Å². The Labute approximate surface area is 194 Å². The lowest BCUT2D eigenvalue weighted by Crippen LogP contribution is -2.49. The molecule has 0 bridgehead atoms. The van der Waals surface area contributed by atoms with E-state index in [4.69, 9.17) is 4.74 Å². The highest BCUT2D eigenvalue weighted by Crippen LogP contribution is 2.17. The zero-order chi connectivity index (χ0) is 21.2. The third-order valence-corrected chi connectivity index (χ3v) is 5.63. The van der Waals surface area contributed by atoms with Crippen LogP contribution in [0.2, 0.25) is 0 Å². The molecule has 2 amide bonds. The van der Waals surface area contributed by atoms with Crippen LogP contribution in [-0.2, 0) is 16.1 Å². The number of unbranched alkanes of at least 4 members (excludes halogenated alkanes) is 1. The Bertz CT molecular complexity index is 814. The lowest BCUT2D eigenvalue weighted by atomic mass is 10.1. The maximum Gasteiger partial charge on any atom is 0.261 e. The van der Waals surface area contributed by atoms with Crippen molar-refractivity contribution in [2.75, 3.05) is 13.2 Å². The smallest absolute Gasteiger partial charge is 0.261 e. The van der Waals surface area contributed by atoms with Crippen molar-refractivity contribution >= 4 is 50.3 Å². The Hall–Kier alpha value is -1.61. The second-order valence-corrected chi connectivity index (χ2v) is 8.88. The van der Waals surface area contributed by atoms with E-state index in [1.165, 1.54) is 0 Å². The summed E-state index contributed by atoms with van der Waals surface area (Å²) in [6.45, 7) is 4.64. The monoisotopic (exact) mass is 572 g/mol. The number of nitrogens with zero attached hydrogens (tertiary/aromatic N) is 1. The molecule has 2 rings (SSSR count). The van der Waals surface area contributed by atoms with E-state index in [-0.39, 0.29) is 18.4 Å². The number of benzene rings is 2. The van der Waals surface area contributed by atoms with E-state index >= 15 is 0 Å². The second kappa shape index (κ2) is 12.2. The first kappa shape index (κ1) is 23.7. The topological polar surface area (TPSA) is 58.6 Å². The van der Waals surface area contributed by atoms with Gasteiger partial charge in [0.05, 0.1) is 0 Å². The minimum atomic E-state index is -0.598. The fraction of sp³-hybridized carbons (Fsp3) is 0.364. The van der Waals surface area contributed by atoms with Gasteiger partial charge < -0.3 is 15.0 Å². The van der Waals surface area contributed by atoms with Crippen LogP contribution in [0.1, 0.15) is 32.3 Å². The van der Waals surface area contributed by atoms with E-state index in [9.17, 15) is 9.59 Å². The van der Waals surface area contributed by atoms with Gasteiger partial charge in [-0.25, -0.2) is 0 Å². The summed E-state index contributed by atoms with van der Waals surface area (Å²) in [5.41, 5.74) is 0.940. The van der Waals surface area contributed by atoms with E-state index in [0.29, 0.717) is 18.8 Å². The molecule has 2 aromatic carbocycles. The number of halogens is 2. The predicted octanol–water partition coefficient (Wildman–Crippen LogP) is 4.77. The molecule has 0 radical (unpaired) electrons. The van der Waals surface area contributed by atoms with Crippen LogP contribution in [0.5, 0.6) is 5.75 Å². The summed E-state index contributed by atoms with van der Waals surface area (Å²) in [6, 6.07) is 14.6. The predicted molar refractivity (Wildman–Crippen MR) is 127 cm³/mol. The molecule has 0 saturated carbocycles. The molecule has 1 N–H and O–H groups in total. The second-order valence-electron chi connectivity index (χ2n) is 6.71. The van der Waals surface area contributed by atoms with Gasteiger partial charge in [0.2, 0.25) is 5.91 Å². The SMILES string of the molecule is CCCCNC(=O)[C@H](C)N(Cc1cccc(Br)c1)C(=O)COc1ccc(I)cc1. The lowest BCUT2D eigenvalue weighted by Gasteiger charge is -2.28. The number of carbonyl (C=O) groups is 2. The first-order valence-electron chi connectivity index (χ1n) is 9.60. The molecule has 0 unspecified atom stereocenters. The molecule has 0 saturated heterocycles. The molecule has 29 heavy (non-hydrogen) atoms. The summed E-state index contributed by atoms with van der Waals surface area (Å²) in [4.78, 5) is 27.1. The van der Waals surface area contributed by atoms with E-state index in [2.05, 4.69) is 50.8 Å². The molecule has 0 aliphatic rings. The van der Waals surface area contributed by atoms with E-state index in [1.807, 2.05) is 48.5 Å². The molecule has 2 aromatic rings. The normalized spacial score (nSPS) is 11.6. The zero-order valence-electron chi connectivity index (χ0n) is 16.7. The van der Waals surface area contributed by atoms with Gasteiger partial charge in [-0.3, -0.25) is 9.59 Å². The van der Waals surface area contributed by atoms with Gasteiger partial charge in [-0.15, -0.1) is 0 Å². The highest BCUT2D eigenvalue weighted by molar-refractivity contribution is 14.1. The highest BCUT2D eigenvalue weighted by atomic mass is 127. The third-order valence-electron chi connectivity index (χ3n) is 4.41. The summed E-state index contributed by atoms with van der Waals surface area (Å²) < 4.78 is 7.68. The van der Waals surface area contributed by atoms with Crippen molar-refractivity contribution in [2.24, 2.45) is 0 Å². The Morgan fingerprint density at radius 3 is 2.59 bits per heavy atom. The highest BCUT2D eigenvalue weighted by Gasteiger charge is 2.26. The van der Waals surface area contributed by atoms with Crippen molar-refractivity contribution in [3.63, 3.8) is 0 Å². The van der Waals surface area contributed by atoms with Crippen molar-refractivity contribution < 1.29 is 14.3 Å². The van der Waals surface area contributed by atoms with Crippen LogP contribution < -0.4 is 10.1 Å². The molecule has 0 aliphatic heterocycles. The molecule has 1 atom stereocenters. The van der Waals surface area contributed by atoms with Gasteiger partial charge >= 0.3 is 0 Å². The van der Waals surface area contributed by atoms with Crippen LogP contribution in [0.3, 0.4) is 0 Å². The van der Waals surface area contributed by atoms with E-state index in [0.717, 1.165) is 26.4 Å².